The number of hydrogen-bond acceptors (Lipinski definition) is 10. The number of hydrogen-bond donors (Lipinski definition) is 5. The number of carbonyl (C=O) groups is 1. The van der Waals surface area contributed by atoms with Crippen LogP contribution in [0.2, 0.25) is 0 Å². The normalized spacial score (nSPS) is 38.7. The van der Waals surface area contributed by atoms with Crippen LogP contribution in [-0.2, 0) is 9.53 Å². The highest BCUT2D eigenvalue weighted by atomic mass is 16.6. The fourth-order valence-corrected chi connectivity index (χ4v) is 3.95. The van der Waals surface area contributed by atoms with Gasteiger partial charge in [0.25, 0.3) is 5.91 Å². The minimum absolute atomic E-state index is 0.0414. The van der Waals surface area contributed by atoms with Crippen LogP contribution < -0.4 is 11.1 Å². The highest BCUT2D eigenvalue weighted by Crippen LogP contribution is 2.29. The highest BCUT2D eigenvalue weighted by Gasteiger charge is 2.52. The maximum absolute atomic E-state index is 12.8. The molecule has 1 aliphatic carbocycles. The van der Waals surface area contributed by atoms with E-state index in [0.29, 0.717) is 0 Å². The lowest BCUT2D eigenvalue weighted by atomic mass is 10.0. The summed E-state index contributed by atoms with van der Waals surface area (Å²) in [5.74, 6) is -0.177. The lowest BCUT2D eigenvalue weighted by Crippen LogP contribution is -2.63. The van der Waals surface area contributed by atoms with Crippen molar-refractivity contribution in [2.45, 2.75) is 61.9 Å². The van der Waals surface area contributed by atoms with E-state index in [0.717, 1.165) is 25.7 Å². The Morgan fingerprint density at radius 2 is 2.11 bits per heavy atom. The topological polar surface area (TPSA) is 165 Å². The molecule has 6 N–H and O–H groups in total. The number of amides is 1. The van der Waals surface area contributed by atoms with E-state index in [1.807, 2.05) is 0 Å². The highest BCUT2D eigenvalue weighted by molar-refractivity contribution is 6.51. The lowest BCUT2D eigenvalue weighted by Gasteiger charge is -2.32. The van der Waals surface area contributed by atoms with E-state index < -0.39 is 42.7 Å². The number of ether oxygens (including phenoxy) is 1. The summed E-state index contributed by atoms with van der Waals surface area (Å²) in [6, 6.07) is 0.0778. The second kappa shape index (κ2) is 6.91. The summed E-state index contributed by atoms with van der Waals surface area (Å²) in [7, 11) is 0. The molecule has 3 heterocycles. The SMILES string of the molecule is NC1(C(=O)NC2CCCC2)N=CN=C2C1=NCN2[C@@H]1O[C@H](CO)[C@@H](O)[C@H]1O. The second-order valence-electron chi connectivity index (χ2n) is 7.27. The fraction of sp³-hybridized carbons (Fsp3) is 0.750. The molecule has 0 aromatic rings. The smallest absolute Gasteiger partial charge is 0.269 e. The van der Waals surface area contributed by atoms with Crippen molar-refractivity contribution in [3.8, 4) is 0 Å². The van der Waals surface area contributed by atoms with Gasteiger partial charge in [-0.05, 0) is 12.8 Å². The van der Waals surface area contributed by atoms with E-state index in [4.69, 9.17) is 10.5 Å². The Morgan fingerprint density at radius 3 is 2.78 bits per heavy atom. The number of nitrogens with one attached hydrogen (secondary N) is 1. The minimum Gasteiger partial charge on any atom is -0.394 e. The maximum atomic E-state index is 12.8. The molecule has 148 valence electrons. The van der Waals surface area contributed by atoms with Crippen LogP contribution in [0.1, 0.15) is 25.7 Å². The molecule has 1 saturated heterocycles. The van der Waals surface area contributed by atoms with Crippen LogP contribution in [0.5, 0.6) is 0 Å². The molecule has 4 aliphatic rings. The average Bonchev–Trinajstić information content (AvgIpc) is 3.37. The molecule has 3 aliphatic heterocycles. The van der Waals surface area contributed by atoms with Crippen LogP contribution in [0.4, 0.5) is 0 Å². The molecular weight excluding hydrogens is 356 g/mol. The number of fused-ring (bicyclic) bond motifs is 1. The van der Waals surface area contributed by atoms with Gasteiger partial charge in [0.15, 0.2) is 12.1 Å². The molecule has 0 bridgehead atoms. The Kier molecular flexibility index (Phi) is 4.72. The molecule has 11 nitrogen and oxygen atoms in total. The predicted octanol–water partition coefficient (Wildman–Crippen LogP) is -2.71. The van der Waals surface area contributed by atoms with Gasteiger partial charge in [0.2, 0.25) is 5.66 Å². The first kappa shape index (κ1) is 18.4. The Balaban J connectivity index is 1.52. The largest absolute Gasteiger partial charge is 0.394 e. The lowest BCUT2D eigenvalue weighted by molar-refractivity contribution is -0.124. The molecule has 0 spiro atoms. The van der Waals surface area contributed by atoms with Crippen LogP contribution in [0.25, 0.3) is 0 Å². The van der Waals surface area contributed by atoms with Crippen molar-refractivity contribution in [1.29, 1.82) is 0 Å². The summed E-state index contributed by atoms with van der Waals surface area (Å²) in [4.78, 5) is 26.9. The van der Waals surface area contributed by atoms with Crippen molar-refractivity contribution < 1.29 is 24.9 Å². The van der Waals surface area contributed by atoms with Crippen LogP contribution in [0.3, 0.4) is 0 Å². The number of aliphatic hydroxyl groups is 3. The van der Waals surface area contributed by atoms with Crippen molar-refractivity contribution in [3.63, 3.8) is 0 Å². The molecular formula is C16H24N6O5. The molecule has 1 unspecified atom stereocenters. The third-order valence-corrected chi connectivity index (χ3v) is 5.53. The minimum atomic E-state index is -1.70. The summed E-state index contributed by atoms with van der Waals surface area (Å²) in [5.41, 5.74) is 4.79. The third-order valence-electron chi connectivity index (χ3n) is 5.53. The fourth-order valence-electron chi connectivity index (χ4n) is 3.95. The molecule has 5 atom stereocenters. The van der Waals surface area contributed by atoms with Crippen molar-refractivity contribution >= 4 is 23.8 Å². The average molecular weight is 380 g/mol. The third kappa shape index (κ3) is 2.95. The number of rotatable bonds is 4. The van der Waals surface area contributed by atoms with Crippen LogP contribution in [-0.4, -0.2) is 93.5 Å². The Hall–Kier alpha value is -1.92. The standard InChI is InChI=1S/C16H24N6O5/c17-16(15(26)21-8-3-1-2-4-8)12-13(18-6-20-16)22(7-19-12)14-11(25)10(24)9(5-23)27-14/h6,8-11,14,23-25H,1-5,7,17H2,(H,21,26)/t9-,10-,11-,14-,16?/m1/s1. The first-order chi connectivity index (χ1) is 13.0. The van der Waals surface area contributed by atoms with Crippen LogP contribution in [0.15, 0.2) is 15.0 Å². The number of aliphatic hydroxyl groups excluding tert-OH is 3. The quantitative estimate of drug-likeness (QED) is 0.354. The van der Waals surface area contributed by atoms with E-state index in [-0.39, 0.29) is 24.3 Å². The molecule has 0 aromatic carbocycles. The van der Waals surface area contributed by atoms with Crippen molar-refractivity contribution in [1.82, 2.24) is 10.2 Å². The second-order valence-corrected chi connectivity index (χ2v) is 7.27. The number of aliphatic imine (C=N–C) groups is 3. The number of carbonyl (C=O) groups excluding carboxylic acids is 1. The van der Waals surface area contributed by atoms with Gasteiger partial charge in [-0.2, -0.15) is 0 Å². The summed E-state index contributed by atoms with van der Waals surface area (Å²) < 4.78 is 5.54. The van der Waals surface area contributed by atoms with Gasteiger partial charge in [0.05, 0.1) is 6.61 Å². The van der Waals surface area contributed by atoms with Gasteiger partial charge in [0.1, 0.15) is 37.0 Å². The number of nitrogens with zero attached hydrogens (tertiary/aromatic N) is 4. The van der Waals surface area contributed by atoms with Crippen LogP contribution in [0, 0.1) is 0 Å². The summed E-state index contributed by atoms with van der Waals surface area (Å²) in [6.07, 6.45) is 0.763. The molecule has 1 saturated carbocycles. The van der Waals surface area contributed by atoms with E-state index in [2.05, 4.69) is 20.3 Å². The Morgan fingerprint density at radius 1 is 1.37 bits per heavy atom. The maximum Gasteiger partial charge on any atom is 0.269 e. The van der Waals surface area contributed by atoms with Crippen LogP contribution >= 0.6 is 0 Å². The monoisotopic (exact) mass is 380 g/mol. The van der Waals surface area contributed by atoms with Gasteiger partial charge < -0.3 is 30.3 Å². The van der Waals surface area contributed by atoms with Gasteiger partial charge in [0, 0.05) is 6.04 Å². The van der Waals surface area contributed by atoms with Gasteiger partial charge in [-0.15, -0.1) is 0 Å². The summed E-state index contributed by atoms with van der Waals surface area (Å²) >= 11 is 0. The number of amidine groups is 1. The Bertz CT molecular complexity index is 705. The zero-order chi connectivity index (χ0) is 19.2. The van der Waals surface area contributed by atoms with E-state index in [1.54, 1.807) is 0 Å². The molecule has 0 aromatic heterocycles. The van der Waals surface area contributed by atoms with E-state index in [1.165, 1.54) is 11.2 Å². The van der Waals surface area contributed by atoms with Gasteiger partial charge in [-0.1, -0.05) is 12.8 Å². The van der Waals surface area contributed by atoms with E-state index >= 15 is 0 Å². The van der Waals surface area contributed by atoms with E-state index in [9.17, 15) is 20.1 Å². The van der Waals surface area contributed by atoms with Gasteiger partial charge in [-0.3, -0.25) is 15.5 Å². The predicted molar refractivity (Wildman–Crippen MR) is 95.1 cm³/mol. The van der Waals surface area contributed by atoms with Gasteiger partial charge in [-0.25, -0.2) is 9.98 Å². The summed E-state index contributed by atoms with van der Waals surface area (Å²) in [5, 5.41) is 32.4. The first-order valence-corrected chi connectivity index (χ1v) is 9.11. The first-order valence-electron chi connectivity index (χ1n) is 9.11. The summed E-state index contributed by atoms with van der Waals surface area (Å²) in [6.45, 7) is -0.394. The molecule has 0 radical (unpaired) electrons. The van der Waals surface area contributed by atoms with Crippen molar-refractivity contribution in [3.05, 3.63) is 0 Å². The molecule has 27 heavy (non-hydrogen) atoms. The zero-order valence-electron chi connectivity index (χ0n) is 14.7. The molecule has 1 amide bonds. The zero-order valence-corrected chi connectivity index (χ0v) is 14.7. The molecule has 11 heteroatoms. The Labute approximate surface area is 155 Å². The van der Waals surface area contributed by atoms with Crippen molar-refractivity contribution in [2.75, 3.05) is 13.3 Å². The molecule has 4 rings (SSSR count). The number of nitrogens with two attached hydrogens (primary N) is 1. The molecule has 2 fully saturated rings. The van der Waals surface area contributed by atoms with Crippen molar-refractivity contribution in [2.24, 2.45) is 20.7 Å². The van der Waals surface area contributed by atoms with Gasteiger partial charge >= 0.3 is 0 Å².